The summed E-state index contributed by atoms with van der Waals surface area (Å²) in [6.07, 6.45) is 0. The van der Waals surface area contributed by atoms with E-state index in [4.69, 9.17) is 10.5 Å². The van der Waals surface area contributed by atoms with Gasteiger partial charge in [0.05, 0.1) is 19.3 Å². The Bertz CT molecular complexity index is 439. The lowest BCUT2D eigenvalue weighted by Crippen LogP contribution is -2.39. The Morgan fingerprint density at radius 2 is 1.85 bits per heavy atom. The highest BCUT2D eigenvalue weighted by atomic mass is 16.5. The van der Waals surface area contributed by atoms with Gasteiger partial charge < -0.3 is 20.7 Å². The third-order valence-electron chi connectivity index (χ3n) is 3.53. The lowest BCUT2D eigenvalue weighted by atomic mass is 10.0. The van der Waals surface area contributed by atoms with E-state index in [1.165, 1.54) is 0 Å². The highest BCUT2D eigenvalue weighted by molar-refractivity contribution is 5.94. The minimum absolute atomic E-state index is 0.127. The number of nitrogens with two attached hydrogens (primary N) is 1. The van der Waals surface area contributed by atoms with Crippen LogP contribution in [0.15, 0.2) is 24.3 Å². The SMILES string of the molecule is CC(C)[C@@H](N)C(=O)Nc1ccc(N2CCOCC2)cc1. The summed E-state index contributed by atoms with van der Waals surface area (Å²) in [5, 5.41) is 2.85. The smallest absolute Gasteiger partial charge is 0.241 e. The Morgan fingerprint density at radius 3 is 2.40 bits per heavy atom. The number of hydrogen-bond donors (Lipinski definition) is 2. The number of benzene rings is 1. The van der Waals surface area contributed by atoms with Crippen molar-refractivity contribution in [2.75, 3.05) is 36.5 Å². The standard InChI is InChI=1S/C15H23N3O2/c1-11(2)14(16)15(19)17-12-3-5-13(6-4-12)18-7-9-20-10-8-18/h3-6,11,14H,7-10,16H2,1-2H3,(H,17,19)/t14-/m1/s1. The molecule has 0 radical (unpaired) electrons. The quantitative estimate of drug-likeness (QED) is 0.874. The Morgan fingerprint density at radius 1 is 1.25 bits per heavy atom. The van der Waals surface area contributed by atoms with Crippen LogP contribution in [0.4, 0.5) is 11.4 Å². The third kappa shape index (κ3) is 3.71. The van der Waals surface area contributed by atoms with Gasteiger partial charge >= 0.3 is 0 Å². The molecule has 0 unspecified atom stereocenters. The molecule has 1 heterocycles. The summed E-state index contributed by atoms with van der Waals surface area (Å²) >= 11 is 0. The van der Waals surface area contributed by atoms with Gasteiger partial charge in [-0.1, -0.05) is 13.8 Å². The number of carbonyl (C=O) groups excluding carboxylic acids is 1. The van der Waals surface area contributed by atoms with Crippen molar-refractivity contribution in [3.8, 4) is 0 Å². The van der Waals surface area contributed by atoms with E-state index in [0.717, 1.165) is 37.7 Å². The van der Waals surface area contributed by atoms with Crippen molar-refractivity contribution in [2.24, 2.45) is 11.7 Å². The molecular formula is C15H23N3O2. The molecule has 0 aliphatic carbocycles. The molecule has 0 saturated carbocycles. The fourth-order valence-corrected chi connectivity index (χ4v) is 2.11. The van der Waals surface area contributed by atoms with E-state index in [-0.39, 0.29) is 11.8 Å². The minimum atomic E-state index is -0.478. The van der Waals surface area contributed by atoms with Crippen molar-refractivity contribution in [2.45, 2.75) is 19.9 Å². The molecule has 20 heavy (non-hydrogen) atoms. The molecule has 0 aromatic heterocycles. The molecular weight excluding hydrogens is 254 g/mol. The van der Waals surface area contributed by atoms with Crippen molar-refractivity contribution in [3.63, 3.8) is 0 Å². The monoisotopic (exact) mass is 277 g/mol. The zero-order chi connectivity index (χ0) is 14.5. The second-order valence-electron chi connectivity index (χ2n) is 5.41. The maximum absolute atomic E-state index is 11.9. The van der Waals surface area contributed by atoms with Crippen LogP contribution in [0.25, 0.3) is 0 Å². The number of rotatable bonds is 4. The molecule has 1 atom stereocenters. The van der Waals surface area contributed by atoms with Gasteiger partial charge in [0, 0.05) is 24.5 Å². The fraction of sp³-hybridized carbons (Fsp3) is 0.533. The van der Waals surface area contributed by atoms with Crippen LogP contribution in [0, 0.1) is 5.92 Å². The van der Waals surface area contributed by atoms with E-state index in [1.54, 1.807) is 0 Å². The van der Waals surface area contributed by atoms with Crippen LogP contribution in [-0.4, -0.2) is 38.3 Å². The second-order valence-corrected chi connectivity index (χ2v) is 5.41. The average molecular weight is 277 g/mol. The molecule has 1 aromatic rings. The predicted molar refractivity (Wildman–Crippen MR) is 80.9 cm³/mol. The molecule has 5 heteroatoms. The lowest BCUT2D eigenvalue weighted by molar-refractivity contribution is -0.118. The number of anilines is 2. The summed E-state index contributed by atoms with van der Waals surface area (Å²) in [5.41, 5.74) is 7.75. The first-order valence-corrected chi connectivity index (χ1v) is 7.07. The number of hydrogen-bond acceptors (Lipinski definition) is 4. The lowest BCUT2D eigenvalue weighted by Gasteiger charge is -2.29. The molecule has 1 saturated heterocycles. The van der Waals surface area contributed by atoms with Gasteiger partial charge in [0.2, 0.25) is 5.91 Å². The Labute approximate surface area is 120 Å². The molecule has 3 N–H and O–H groups in total. The largest absolute Gasteiger partial charge is 0.378 e. The van der Waals surface area contributed by atoms with Crippen molar-refractivity contribution >= 4 is 17.3 Å². The molecule has 1 aliphatic heterocycles. The van der Waals surface area contributed by atoms with Gasteiger partial charge in [-0.2, -0.15) is 0 Å². The van der Waals surface area contributed by atoms with Crippen molar-refractivity contribution in [1.82, 2.24) is 0 Å². The van der Waals surface area contributed by atoms with Crippen molar-refractivity contribution in [3.05, 3.63) is 24.3 Å². The maximum Gasteiger partial charge on any atom is 0.241 e. The summed E-state index contributed by atoms with van der Waals surface area (Å²) in [7, 11) is 0. The summed E-state index contributed by atoms with van der Waals surface area (Å²) in [6.45, 7) is 7.22. The van der Waals surface area contributed by atoms with Gasteiger partial charge in [-0.3, -0.25) is 4.79 Å². The molecule has 0 bridgehead atoms. The molecule has 1 aromatic carbocycles. The number of nitrogens with one attached hydrogen (secondary N) is 1. The van der Waals surface area contributed by atoms with E-state index >= 15 is 0 Å². The van der Waals surface area contributed by atoms with Gasteiger partial charge in [-0.05, 0) is 30.2 Å². The Kier molecular flexibility index (Phi) is 4.98. The molecule has 1 fully saturated rings. The zero-order valence-electron chi connectivity index (χ0n) is 12.1. The second kappa shape index (κ2) is 6.72. The normalized spacial score (nSPS) is 17.1. The number of nitrogens with zero attached hydrogens (tertiary/aromatic N) is 1. The number of amides is 1. The van der Waals surface area contributed by atoms with Crippen molar-refractivity contribution < 1.29 is 9.53 Å². The first kappa shape index (κ1) is 14.8. The first-order valence-electron chi connectivity index (χ1n) is 7.07. The number of ether oxygens (including phenoxy) is 1. The van der Waals surface area contributed by atoms with Crippen LogP contribution in [-0.2, 0) is 9.53 Å². The zero-order valence-corrected chi connectivity index (χ0v) is 12.1. The van der Waals surface area contributed by atoms with Crippen LogP contribution >= 0.6 is 0 Å². The van der Waals surface area contributed by atoms with Gasteiger partial charge in [-0.25, -0.2) is 0 Å². The highest BCUT2D eigenvalue weighted by Gasteiger charge is 2.17. The summed E-state index contributed by atoms with van der Waals surface area (Å²) in [6, 6.07) is 7.38. The summed E-state index contributed by atoms with van der Waals surface area (Å²) in [5.74, 6) is -0.0123. The van der Waals surface area contributed by atoms with Gasteiger partial charge in [0.15, 0.2) is 0 Å². The van der Waals surface area contributed by atoms with Crippen LogP contribution in [0.1, 0.15) is 13.8 Å². The number of morpholine rings is 1. The molecule has 5 nitrogen and oxygen atoms in total. The van der Waals surface area contributed by atoms with Crippen molar-refractivity contribution in [1.29, 1.82) is 0 Å². The minimum Gasteiger partial charge on any atom is -0.378 e. The van der Waals surface area contributed by atoms with E-state index in [9.17, 15) is 4.79 Å². The van der Waals surface area contributed by atoms with Crippen LogP contribution in [0.5, 0.6) is 0 Å². The molecule has 110 valence electrons. The highest BCUT2D eigenvalue weighted by Crippen LogP contribution is 2.19. The van der Waals surface area contributed by atoms with Crippen LogP contribution in [0.3, 0.4) is 0 Å². The van der Waals surface area contributed by atoms with Crippen LogP contribution < -0.4 is 16.0 Å². The Balaban J connectivity index is 1.96. The van der Waals surface area contributed by atoms with Crippen LogP contribution in [0.2, 0.25) is 0 Å². The van der Waals surface area contributed by atoms with E-state index in [1.807, 2.05) is 38.1 Å². The Hall–Kier alpha value is -1.59. The van der Waals surface area contributed by atoms with Gasteiger partial charge in [0.1, 0.15) is 0 Å². The third-order valence-corrected chi connectivity index (χ3v) is 3.53. The average Bonchev–Trinajstić information content (AvgIpc) is 2.48. The summed E-state index contributed by atoms with van der Waals surface area (Å²) < 4.78 is 5.33. The van der Waals surface area contributed by atoms with E-state index < -0.39 is 6.04 Å². The first-order chi connectivity index (χ1) is 9.58. The topological polar surface area (TPSA) is 67.6 Å². The molecule has 1 aliphatic rings. The predicted octanol–water partition coefficient (Wildman–Crippen LogP) is 1.44. The molecule has 0 spiro atoms. The van der Waals surface area contributed by atoms with E-state index in [2.05, 4.69) is 10.2 Å². The summed E-state index contributed by atoms with van der Waals surface area (Å²) in [4.78, 5) is 14.2. The fourth-order valence-electron chi connectivity index (χ4n) is 2.11. The molecule has 1 amide bonds. The van der Waals surface area contributed by atoms with Gasteiger partial charge in [-0.15, -0.1) is 0 Å². The van der Waals surface area contributed by atoms with Gasteiger partial charge in [0.25, 0.3) is 0 Å². The van der Waals surface area contributed by atoms with E-state index in [0.29, 0.717) is 0 Å². The number of carbonyl (C=O) groups is 1. The maximum atomic E-state index is 11.9. The molecule has 2 rings (SSSR count).